The molecule has 3 rings (SSSR count). The summed E-state index contributed by atoms with van der Waals surface area (Å²) in [5.74, 6) is 1.74. The minimum atomic E-state index is 0.497. The average molecular weight is 297 g/mol. The number of nitrogens with two attached hydrogens (primary N) is 1. The van der Waals surface area contributed by atoms with Crippen LogP contribution in [0.15, 0.2) is 36.4 Å². The molecule has 2 aromatic rings. The second-order valence-corrected chi connectivity index (χ2v) is 5.84. The normalized spacial score (nSPS) is 13.5. The molecule has 3 nitrogen and oxygen atoms in total. The number of anilines is 1. The molecule has 2 N–H and O–H groups in total. The molecule has 116 valence electrons. The van der Waals surface area contributed by atoms with Crippen LogP contribution < -0.4 is 15.2 Å². The summed E-state index contributed by atoms with van der Waals surface area (Å²) in [5, 5.41) is 0. The van der Waals surface area contributed by atoms with E-state index in [0.717, 1.165) is 23.5 Å². The first-order valence-electron chi connectivity index (χ1n) is 7.96. The van der Waals surface area contributed by atoms with Gasteiger partial charge in [0.05, 0.1) is 5.69 Å². The second-order valence-electron chi connectivity index (χ2n) is 5.84. The van der Waals surface area contributed by atoms with Crippen LogP contribution in [0.25, 0.3) is 0 Å². The van der Waals surface area contributed by atoms with Crippen LogP contribution in [0, 0.1) is 6.92 Å². The van der Waals surface area contributed by atoms with E-state index < -0.39 is 0 Å². The number of nitrogen functional groups attached to an aromatic ring is 1. The summed E-state index contributed by atoms with van der Waals surface area (Å²) in [7, 11) is 0. The van der Waals surface area contributed by atoms with Gasteiger partial charge in [-0.1, -0.05) is 18.2 Å². The number of fused-ring (bicyclic) bond motifs is 1. The maximum Gasteiger partial charge on any atom is 0.142 e. The van der Waals surface area contributed by atoms with Gasteiger partial charge in [-0.05, 0) is 67.5 Å². The molecule has 0 amide bonds. The van der Waals surface area contributed by atoms with Crippen LogP contribution in [0.5, 0.6) is 11.5 Å². The van der Waals surface area contributed by atoms with Crippen molar-refractivity contribution < 1.29 is 9.47 Å². The number of ether oxygens (including phenoxy) is 2. The second kappa shape index (κ2) is 6.73. The lowest BCUT2D eigenvalue weighted by atomic mass is 9.91. The van der Waals surface area contributed by atoms with Crippen molar-refractivity contribution in [1.82, 2.24) is 0 Å². The van der Waals surface area contributed by atoms with Gasteiger partial charge < -0.3 is 15.2 Å². The van der Waals surface area contributed by atoms with E-state index in [4.69, 9.17) is 15.2 Å². The Morgan fingerprint density at radius 1 is 0.955 bits per heavy atom. The van der Waals surface area contributed by atoms with Crippen molar-refractivity contribution in [3.05, 3.63) is 53.1 Å². The maximum atomic E-state index is 5.94. The predicted octanol–water partition coefficient (Wildman–Crippen LogP) is 3.91. The number of hydrogen-bond donors (Lipinski definition) is 1. The summed E-state index contributed by atoms with van der Waals surface area (Å²) >= 11 is 0. The van der Waals surface area contributed by atoms with Crippen LogP contribution >= 0.6 is 0 Å². The third-order valence-corrected chi connectivity index (χ3v) is 4.12. The third-order valence-electron chi connectivity index (χ3n) is 4.12. The lowest BCUT2D eigenvalue weighted by molar-refractivity contribution is 0.216. The Kier molecular flexibility index (Phi) is 4.52. The zero-order valence-corrected chi connectivity index (χ0v) is 13.1. The van der Waals surface area contributed by atoms with Gasteiger partial charge >= 0.3 is 0 Å². The van der Waals surface area contributed by atoms with Crippen LogP contribution in [0.4, 0.5) is 5.69 Å². The van der Waals surface area contributed by atoms with Gasteiger partial charge in [0.1, 0.15) is 24.7 Å². The molecule has 22 heavy (non-hydrogen) atoms. The first kappa shape index (κ1) is 14.8. The monoisotopic (exact) mass is 297 g/mol. The van der Waals surface area contributed by atoms with Gasteiger partial charge in [0, 0.05) is 0 Å². The molecule has 0 saturated carbocycles. The zero-order chi connectivity index (χ0) is 15.4. The Labute approximate surface area is 132 Å². The lowest BCUT2D eigenvalue weighted by Crippen LogP contribution is -2.12. The molecule has 0 bridgehead atoms. The van der Waals surface area contributed by atoms with Gasteiger partial charge in [-0.15, -0.1) is 0 Å². The van der Waals surface area contributed by atoms with E-state index >= 15 is 0 Å². The zero-order valence-electron chi connectivity index (χ0n) is 13.1. The van der Waals surface area contributed by atoms with Crippen LogP contribution in [0.3, 0.4) is 0 Å². The minimum Gasteiger partial charge on any atom is -0.490 e. The van der Waals surface area contributed by atoms with Crippen LogP contribution in [-0.4, -0.2) is 13.2 Å². The van der Waals surface area contributed by atoms with Crippen molar-refractivity contribution in [2.24, 2.45) is 0 Å². The number of aryl methyl sites for hydroxylation is 2. The maximum absolute atomic E-state index is 5.94. The van der Waals surface area contributed by atoms with E-state index in [1.54, 1.807) is 0 Å². The van der Waals surface area contributed by atoms with Crippen molar-refractivity contribution in [3.63, 3.8) is 0 Å². The molecular formula is C19H23NO2. The molecule has 0 spiro atoms. The van der Waals surface area contributed by atoms with Gasteiger partial charge in [-0.3, -0.25) is 0 Å². The van der Waals surface area contributed by atoms with E-state index in [2.05, 4.69) is 18.2 Å². The highest BCUT2D eigenvalue weighted by Gasteiger charge is 2.13. The van der Waals surface area contributed by atoms with Gasteiger partial charge in [-0.25, -0.2) is 0 Å². The summed E-state index contributed by atoms with van der Waals surface area (Å²) < 4.78 is 11.6. The highest BCUT2D eigenvalue weighted by Crippen LogP contribution is 2.29. The Morgan fingerprint density at radius 2 is 1.73 bits per heavy atom. The van der Waals surface area contributed by atoms with E-state index in [-0.39, 0.29) is 0 Å². The van der Waals surface area contributed by atoms with Crippen molar-refractivity contribution in [2.75, 3.05) is 18.9 Å². The summed E-state index contributed by atoms with van der Waals surface area (Å²) in [4.78, 5) is 0. The molecule has 0 atom stereocenters. The van der Waals surface area contributed by atoms with Gasteiger partial charge in [0.2, 0.25) is 0 Å². The summed E-state index contributed by atoms with van der Waals surface area (Å²) in [6, 6.07) is 12.2. The van der Waals surface area contributed by atoms with E-state index in [1.165, 1.54) is 30.4 Å². The van der Waals surface area contributed by atoms with E-state index in [9.17, 15) is 0 Å². The average Bonchev–Trinajstić information content (AvgIpc) is 2.53. The molecular weight excluding hydrogens is 274 g/mol. The molecule has 0 unspecified atom stereocenters. The number of benzene rings is 2. The molecule has 3 heteroatoms. The van der Waals surface area contributed by atoms with Gasteiger partial charge in [0.15, 0.2) is 0 Å². The molecule has 2 aromatic carbocycles. The molecule has 0 radical (unpaired) electrons. The Hall–Kier alpha value is -2.16. The third kappa shape index (κ3) is 3.35. The van der Waals surface area contributed by atoms with Gasteiger partial charge in [-0.2, -0.15) is 0 Å². The summed E-state index contributed by atoms with van der Waals surface area (Å²) in [6.45, 7) is 3.04. The molecule has 1 aliphatic carbocycles. The Morgan fingerprint density at radius 3 is 2.55 bits per heavy atom. The largest absolute Gasteiger partial charge is 0.490 e. The number of rotatable bonds is 5. The van der Waals surface area contributed by atoms with Crippen LogP contribution in [0.1, 0.15) is 29.5 Å². The molecule has 0 aliphatic heterocycles. The molecule has 0 saturated heterocycles. The first-order valence-corrected chi connectivity index (χ1v) is 7.96. The fraction of sp³-hybridized carbons (Fsp3) is 0.368. The number of hydrogen-bond acceptors (Lipinski definition) is 3. The van der Waals surface area contributed by atoms with Gasteiger partial charge in [0.25, 0.3) is 0 Å². The fourth-order valence-electron chi connectivity index (χ4n) is 2.98. The quantitative estimate of drug-likeness (QED) is 0.672. The molecule has 1 aliphatic rings. The summed E-state index contributed by atoms with van der Waals surface area (Å²) in [5.41, 5.74) is 10.6. The topological polar surface area (TPSA) is 44.5 Å². The van der Waals surface area contributed by atoms with Crippen LogP contribution in [-0.2, 0) is 12.8 Å². The smallest absolute Gasteiger partial charge is 0.142 e. The molecule has 0 fully saturated rings. The van der Waals surface area contributed by atoms with Crippen molar-refractivity contribution >= 4 is 5.69 Å². The lowest BCUT2D eigenvalue weighted by Gasteiger charge is -2.19. The van der Waals surface area contributed by atoms with Crippen molar-refractivity contribution in [3.8, 4) is 11.5 Å². The van der Waals surface area contributed by atoms with E-state index in [0.29, 0.717) is 18.9 Å². The van der Waals surface area contributed by atoms with Crippen molar-refractivity contribution in [1.29, 1.82) is 0 Å². The molecule has 0 heterocycles. The fourth-order valence-corrected chi connectivity index (χ4v) is 2.98. The minimum absolute atomic E-state index is 0.497. The highest BCUT2D eigenvalue weighted by atomic mass is 16.5. The van der Waals surface area contributed by atoms with E-state index in [1.807, 2.05) is 25.1 Å². The highest BCUT2D eigenvalue weighted by molar-refractivity contribution is 5.54. The predicted molar refractivity (Wildman–Crippen MR) is 89.7 cm³/mol. The first-order chi connectivity index (χ1) is 10.7. The summed E-state index contributed by atoms with van der Waals surface area (Å²) in [6.07, 6.45) is 4.83. The Bertz CT molecular complexity index is 652. The Balaban J connectivity index is 1.55. The van der Waals surface area contributed by atoms with Crippen LogP contribution in [0.2, 0.25) is 0 Å². The SMILES string of the molecule is Cc1ccc(OCCOc2cccc3c2CCCC3)c(N)c1. The van der Waals surface area contributed by atoms with Crippen molar-refractivity contribution in [2.45, 2.75) is 32.6 Å². The standard InChI is InChI=1S/C19H23NO2/c1-14-9-10-19(17(20)13-14)22-12-11-21-18-8-4-6-15-5-2-3-7-16(15)18/h4,6,8-10,13H,2-3,5,7,11-12,20H2,1H3. The molecule has 0 aromatic heterocycles.